The first-order valence-electron chi connectivity index (χ1n) is 7.97. The molecule has 0 aromatic heterocycles. The molecule has 2 aliphatic rings. The molecule has 1 aromatic carbocycles. The van der Waals surface area contributed by atoms with Gasteiger partial charge in [-0.25, -0.2) is 0 Å². The summed E-state index contributed by atoms with van der Waals surface area (Å²) < 4.78 is 0. The SMILES string of the molecule is CN1CCCC(N(C)Cc2ccc3c(c2)CCCN3)C1. The minimum atomic E-state index is 0.711. The maximum atomic E-state index is 3.49. The lowest BCUT2D eigenvalue weighted by molar-refractivity contribution is 0.129. The van der Waals surface area contributed by atoms with Gasteiger partial charge in [0.05, 0.1) is 0 Å². The number of benzene rings is 1. The largest absolute Gasteiger partial charge is 0.385 e. The van der Waals surface area contributed by atoms with E-state index in [-0.39, 0.29) is 0 Å². The molecule has 2 aliphatic heterocycles. The van der Waals surface area contributed by atoms with Gasteiger partial charge in [0.15, 0.2) is 0 Å². The van der Waals surface area contributed by atoms with E-state index in [9.17, 15) is 0 Å². The number of hydrogen-bond acceptors (Lipinski definition) is 3. The van der Waals surface area contributed by atoms with Crippen LogP contribution in [-0.4, -0.2) is 49.6 Å². The fourth-order valence-corrected chi connectivity index (χ4v) is 3.54. The average molecular weight is 273 g/mol. The summed E-state index contributed by atoms with van der Waals surface area (Å²) in [7, 11) is 4.52. The summed E-state index contributed by atoms with van der Waals surface area (Å²) in [6.07, 6.45) is 5.17. The van der Waals surface area contributed by atoms with Crippen molar-refractivity contribution >= 4 is 5.69 Å². The zero-order valence-electron chi connectivity index (χ0n) is 12.9. The summed E-state index contributed by atoms with van der Waals surface area (Å²) >= 11 is 0. The summed E-state index contributed by atoms with van der Waals surface area (Å²) in [6.45, 7) is 4.67. The highest BCUT2D eigenvalue weighted by Crippen LogP contribution is 2.24. The molecule has 0 radical (unpaired) electrons. The molecule has 3 rings (SSSR count). The fraction of sp³-hybridized carbons (Fsp3) is 0.647. The van der Waals surface area contributed by atoms with E-state index in [0.717, 1.165) is 13.1 Å². The van der Waals surface area contributed by atoms with Crippen molar-refractivity contribution in [2.75, 3.05) is 39.0 Å². The Labute approximate surface area is 123 Å². The third-order valence-electron chi connectivity index (χ3n) is 4.76. The molecule has 0 amide bonds. The van der Waals surface area contributed by atoms with Gasteiger partial charge in [-0.2, -0.15) is 0 Å². The van der Waals surface area contributed by atoms with Gasteiger partial charge in [0.1, 0.15) is 0 Å². The third-order valence-corrected chi connectivity index (χ3v) is 4.76. The third kappa shape index (κ3) is 3.15. The number of likely N-dealkylation sites (tertiary alicyclic amines) is 1. The lowest BCUT2D eigenvalue weighted by atomic mass is 9.99. The van der Waals surface area contributed by atoms with E-state index in [4.69, 9.17) is 0 Å². The van der Waals surface area contributed by atoms with Gasteiger partial charge in [0.25, 0.3) is 0 Å². The number of rotatable bonds is 3. The summed E-state index contributed by atoms with van der Waals surface area (Å²) in [5.74, 6) is 0. The first-order chi connectivity index (χ1) is 9.72. The maximum Gasteiger partial charge on any atom is 0.0372 e. The van der Waals surface area contributed by atoms with Crippen LogP contribution in [0.15, 0.2) is 18.2 Å². The van der Waals surface area contributed by atoms with Crippen molar-refractivity contribution in [3.8, 4) is 0 Å². The van der Waals surface area contributed by atoms with Crippen LogP contribution in [0, 0.1) is 0 Å². The van der Waals surface area contributed by atoms with Crippen LogP contribution in [-0.2, 0) is 13.0 Å². The Balaban J connectivity index is 1.64. The monoisotopic (exact) mass is 273 g/mol. The molecule has 1 N–H and O–H groups in total. The smallest absolute Gasteiger partial charge is 0.0372 e. The van der Waals surface area contributed by atoms with Gasteiger partial charge in [-0.1, -0.05) is 12.1 Å². The highest BCUT2D eigenvalue weighted by atomic mass is 15.2. The predicted octanol–water partition coefficient (Wildman–Crippen LogP) is 2.57. The molecule has 110 valence electrons. The van der Waals surface area contributed by atoms with Gasteiger partial charge in [-0.15, -0.1) is 0 Å². The van der Waals surface area contributed by atoms with Crippen molar-refractivity contribution < 1.29 is 0 Å². The second-order valence-corrected chi connectivity index (χ2v) is 6.50. The first-order valence-corrected chi connectivity index (χ1v) is 7.97. The molecule has 1 unspecified atom stereocenters. The standard InChI is InChI=1S/C17H27N3/c1-19-10-4-6-16(13-19)20(2)12-14-7-8-17-15(11-14)5-3-9-18-17/h7-8,11,16,18H,3-6,9-10,12-13H2,1-2H3. The number of aryl methyl sites for hydroxylation is 1. The lowest BCUT2D eigenvalue weighted by Crippen LogP contribution is -2.44. The second kappa shape index (κ2) is 6.15. The molecule has 0 aliphatic carbocycles. The van der Waals surface area contributed by atoms with E-state index in [1.54, 1.807) is 0 Å². The number of fused-ring (bicyclic) bond motifs is 1. The molecule has 3 heteroatoms. The Morgan fingerprint density at radius 3 is 3.10 bits per heavy atom. The Bertz CT molecular complexity index is 458. The number of nitrogens with one attached hydrogen (secondary N) is 1. The Hall–Kier alpha value is -1.06. The molecule has 1 atom stereocenters. The summed E-state index contributed by atoms with van der Waals surface area (Å²) in [4.78, 5) is 5.00. The van der Waals surface area contributed by atoms with Crippen molar-refractivity contribution in [1.29, 1.82) is 0 Å². The van der Waals surface area contributed by atoms with E-state index in [1.165, 1.54) is 55.6 Å². The zero-order valence-corrected chi connectivity index (χ0v) is 12.9. The van der Waals surface area contributed by atoms with Gasteiger partial charge in [-0.3, -0.25) is 4.90 Å². The number of anilines is 1. The Morgan fingerprint density at radius 2 is 2.25 bits per heavy atom. The van der Waals surface area contributed by atoms with Gasteiger partial charge in [-0.05, 0) is 63.5 Å². The molecule has 1 aromatic rings. The maximum absolute atomic E-state index is 3.49. The molecule has 0 bridgehead atoms. The number of nitrogens with zero attached hydrogens (tertiary/aromatic N) is 2. The normalized spacial score (nSPS) is 23.4. The molecular formula is C17H27N3. The molecular weight excluding hydrogens is 246 g/mol. The highest BCUT2D eigenvalue weighted by molar-refractivity contribution is 5.54. The van der Waals surface area contributed by atoms with Gasteiger partial charge >= 0.3 is 0 Å². The van der Waals surface area contributed by atoms with Crippen LogP contribution in [0.1, 0.15) is 30.4 Å². The minimum Gasteiger partial charge on any atom is -0.385 e. The van der Waals surface area contributed by atoms with E-state index < -0.39 is 0 Å². The average Bonchev–Trinajstić information content (AvgIpc) is 2.47. The first kappa shape index (κ1) is 13.9. The molecule has 20 heavy (non-hydrogen) atoms. The highest BCUT2D eigenvalue weighted by Gasteiger charge is 2.21. The van der Waals surface area contributed by atoms with Crippen molar-refractivity contribution in [2.24, 2.45) is 0 Å². The van der Waals surface area contributed by atoms with Gasteiger partial charge in [0, 0.05) is 31.4 Å². The fourth-order valence-electron chi connectivity index (χ4n) is 3.54. The van der Waals surface area contributed by atoms with Crippen molar-refractivity contribution in [1.82, 2.24) is 9.80 Å². The summed E-state index contributed by atoms with van der Waals surface area (Å²) in [5.41, 5.74) is 4.31. The number of hydrogen-bond donors (Lipinski definition) is 1. The van der Waals surface area contributed by atoms with Crippen LogP contribution in [0.5, 0.6) is 0 Å². The molecule has 1 saturated heterocycles. The van der Waals surface area contributed by atoms with Crippen LogP contribution in [0.2, 0.25) is 0 Å². The topological polar surface area (TPSA) is 18.5 Å². The van der Waals surface area contributed by atoms with E-state index in [2.05, 4.69) is 47.4 Å². The zero-order chi connectivity index (χ0) is 13.9. The molecule has 3 nitrogen and oxygen atoms in total. The quantitative estimate of drug-likeness (QED) is 0.913. The molecule has 2 heterocycles. The number of piperidine rings is 1. The van der Waals surface area contributed by atoms with Crippen molar-refractivity contribution in [3.05, 3.63) is 29.3 Å². The molecule has 0 spiro atoms. The van der Waals surface area contributed by atoms with Crippen molar-refractivity contribution in [3.63, 3.8) is 0 Å². The van der Waals surface area contributed by atoms with Crippen LogP contribution >= 0.6 is 0 Å². The summed E-state index contributed by atoms with van der Waals surface area (Å²) in [6, 6.07) is 7.68. The van der Waals surface area contributed by atoms with Crippen LogP contribution in [0.4, 0.5) is 5.69 Å². The van der Waals surface area contributed by atoms with E-state index in [1.807, 2.05) is 0 Å². The van der Waals surface area contributed by atoms with Gasteiger partial charge in [0.2, 0.25) is 0 Å². The number of likely N-dealkylation sites (N-methyl/N-ethyl adjacent to an activating group) is 2. The second-order valence-electron chi connectivity index (χ2n) is 6.50. The van der Waals surface area contributed by atoms with Crippen LogP contribution < -0.4 is 5.32 Å². The molecule has 0 saturated carbocycles. The summed E-state index contributed by atoms with van der Waals surface area (Å²) in [5, 5.41) is 3.49. The lowest BCUT2D eigenvalue weighted by Gasteiger charge is -2.36. The Morgan fingerprint density at radius 1 is 1.35 bits per heavy atom. The predicted molar refractivity (Wildman–Crippen MR) is 85.2 cm³/mol. The molecule has 1 fully saturated rings. The van der Waals surface area contributed by atoms with E-state index in [0.29, 0.717) is 6.04 Å². The van der Waals surface area contributed by atoms with Crippen LogP contribution in [0.25, 0.3) is 0 Å². The minimum absolute atomic E-state index is 0.711. The Kier molecular flexibility index (Phi) is 4.27. The van der Waals surface area contributed by atoms with Crippen molar-refractivity contribution in [2.45, 2.75) is 38.3 Å². The van der Waals surface area contributed by atoms with Crippen LogP contribution in [0.3, 0.4) is 0 Å². The van der Waals surface area contributed by atoms with Gasteiger partial charge < -0.3 is 10.2 Å². The van der Waals surface area contributed by atoms with E-state index >= 15 is 0 Å².